The normalized spacial score (nSPS) is 10.4. The van der Waals surface area contributed by atoms with Gasteiger partial charge in [0.15, 0.2) is 0 Å². The van der Waals surface area contributed by atoms with E-state index < -0.39 is 0 Å². The summed E-state index contributed by atoms with van der Waals surface area (Å²) in [7, 11) is 0. The summed E-state index contributed by atoms with van der Waals surface area (Å²) in [5.41, 5.74) is 3.08. The van der Waals surface area contributed by atoms with Crippen LogP contribution in [0.2, 0.25) is 0 Å². The Morgan fingerprint density at radius 3 is 2.50 bits per heavy atom. The molecule has 0 aliphatic heterocycles. The summed E-state index contributed by atoms with van der Waals surface area (Å²) in [4.78, 5) is 10.8. The Balaban J connectivity index is 2.86. The molecule has 0 aliphatic rings. The molecule has 0 spiro atoms. The predicted octanol–water partition coefficient (Wildman–Crippen LogP) is 3.27. The van der Waals surface area contributed by atoms with E-state index in [2.05, 4.69) is 25.1 Å². The minimum absolute atomic E-state index is 0.781. The van der Waals surface area contributed by atoms with Crippen molar-refractivity contribution in [3.05, 3.63) is 47.0 Å². The third-order valence-corrected chi connectivity index (χ3v) is 2.62. The van der Waals surface area contributed by atoms with Crippen molar-refractivity contribution in [3.63, 3.8) is 0 Å². The van der Waals surface area contributed by atoms with Crippen molar-refractivity contribution < 1.29 is 4.79 Å². The Bertz CT molecular complexity index is 498. The van der Waals surface area contributed by atoms with Crippen LogP contribution in [0.4, 0.5) is 0 Å². The maximum absolute atomic E-state index is 10.8. The number of rotatable bonds is 1. The second-order valence-corrected chi connectivity index (χ2v) is 3.62. The summed E-state index contributed by atoms with van der Waals surface area (Å²) in [5, 5.41) is 2.37. The van der Waals surface area contributed by atoms with Gasteiger partial charge >= 0.3 is 0 Å². The summed E-state index contributed by atoms with van der Waals surface area (Å²) in [6.07, 6.45) is 0.914. The second-order valence-electron chi connectivity index (χ2n) is 3.62. The molecule has 0 fully saturated rings. The highest BCUT2D eigenvalue weighted by atomic mass is 16.1. The van der Waals surface area contributed by atoms with Crippen LogP contribution in [0.5, 0.6) is 0 Å². The highest BCUT2D eigenvalue weighted by Crippen LogP contribution is 2.21. The molecule has 0 aliphatic carbocycles. The van der Waals surface area contributed by atoms with Crippen molar-refractivity contribution in [2.75, 3.05) is 0 Å². The van der Waals surface area contributed by atoms with Crippen molar-refractivity contribution in [1.29, 1.82) is 0 Å². The molecule has 2 aromatic carbocycles. The van der Waals surface area contributed by atoms with Crippen LogP contribution in [0, 0.1) is 13.8 Å². The minimum Gasteiger partial charge on any atom is -0.298 e. The Morgan fingerprint density at radius 1 is 1.07 bits per heavy atom. The van der Waals surface area contributed by atoms with Crippen molar-refractivity contribution >= 4 is 17.1 Å². The number of aryl methyl sites for hydroxylation is 2. The molecular weight excluding hydrogens is 172 g/mol. The molecule has 0 aromatic heterocycles. The average molecular weight is 184 g/mol. The number of hydrogen-bond acceptors (Lipinski definition) is 1. The number of carbonyl (C=O) groups is 1. The van der Waals surface area contributed by atoms with Crippen molar-refractivity contribution in [1.82, 2.24) is 0 Å². The molecule has 0 atom stereocenters. The van der Waals surface area contributed by atoms with E-state index >= 15 is 0 Å². The van der Waals surface area contributed by atoms with E-state index in [1.54, 1.807) is 0 Å². The molecule has 0 N–H and O–H groups in total. The zero-order valence-electron chi connectivity index (χ0n) is 8.37. The molecule has 0 unspecified atom stereocenters. The number of carbonyl (C=O) groups excluding carboxylic acids is 1. The summed E-state index contributed by atoms with van der Waals surface area (Å²) >= 11 is 0. The second kappa shape index (κ2) is 3.26. The van der Waals surface area contributed by atoms with Crippen molar-refractivity contribution in [2.45, 2.75) is 13.8 Å². The Labute approximate surface area is 83.4 Å². The molecule has 1 nitrogen and oxygen atoms in total. The van der Waals surface area contributed by atoms with Crippen molar-refractivity contribution in [3.8, 4) is 0 Å². The van der Waals surface area contributed by atoms with Crippen LogP contribution in [0.25, 0.3) is 10.8 Å². The lowest BCUT2D eigenvalue weighted by molar-refractivity contribution is 0.112. The van der Waals surface area contributed by atoms with Gasteiger partial charge in [-0.25, -0.2) is 0 Å². The first kappa shape index (κ1) is 8.95. The lowest BCUT2D eigenvalue weighted by Crippen LogP contribution is -1.88. The van der Waals surface area contributed by atoms with Crippen LogP contribution in [0.1, 0.15) is 21.5 Å². The fourth-order valence-corrected chi connectivity index (χ4v) is 1.73. The maximum atomic E-state index is 10.8. The van der Waals surface area contributed by atoms with Gasteiger partial charge in [0, 0.05) is 5.56 Å². The summed E-state index contributed by atoms with van der Waals surface area (Å²) in [6, 6.07) is 10.2. The Kier molecular flexibility index (Phi) is 2.08. The molecule has 0 saturated heterocycles. The van der Waals surface area contributed by atoms with E-state index in [1.165, 1.54) is 16.3 Å². The van der Waals surface area contributed by atoms with Crippen LogP contribution >= 0.6 is 0 Å². The quantitative estimate of drug-likeness (QED) is 0.622. The summed E-state index contributed by atoms with van der Waals surface area (Å²) in [6.45, 7) is 4.05. The van der Waals surface area contributed by atoms with Crippen LogP contribution in [0.3, 0.4) is 0 Å². The molecule has 2 aromatic rings. The van der Waals surface area contributed by atoms with E-state index in [9.17, 15) is 4.79 Å². The molecule has 0 saturated carbocycles. The summed E-state index contributed by atoms with van der Waals surface area (Å²) in [5.74, 6) is 0. The molecule has 1 heteroatoms. The molecule has 14 heavy (non-hydrogen) atoms. The number of hydrogen-bond donors (Lipinski definition) is 0. The highest BCUT2D eigenvalue weighted by molar-refractivity contribution is 5.93. The first-order chi connectivity index (χ1) is 6.72. The van der Waals surface area contributed by atoms with Gasteiger partial charge < -0.3 is 0 Å². The van der Waals surface area contributed by atoms with Crippen LogP contribution in [-0.2, 0) is 0 Å². The minimum atomic E-state index is 0.781. The fourth-order valence-electron chi connectivity index (χ4n) is 1.73. The van der Waals surface area contributed by atoms with Gasteiger partial charge in [0.1, 0.15) is 6.29 Å². The van der Waals surface area contributed by atoms with Gasteiger partial charge in [-0.3, -0.25) is 4.79 Å². The molecular formula is C13H12O. The monoisotopic (exact) mass is 184 g/mol. The maximum Gasteiger partial charge on any atom is 0.150 e. The Hall–Kier alpha value is -1.63. The number of benzene rings is 2. The number of fused-ring (bicyclic) bond motifs is 1. The SMILES string of the molecule is Cc1ccc2ccc(C=O)c(C)c2c1. The molecule has 0 radical (unpaired) electrons. The van der Waals surface area contributed by atoms with Gasteiger partial charge in [-0.1, -0.05) is 35.9 Å². The average Bonchev–Trinajstić information content (AvgIpc) is 2.20. The standard InChI is InChI=1S/C13H12O/c1-9-3-4-11-5-6-12(8-14)10(2)13(11)7-9/h3-8H,1-2H3. The van der Waals surface area contributed by atoms with Gasteiger partial charge in [-0.2, -0.15) is 0 Å². The largest absolute Gasteiger partial charge is 0.298 e. The fraction of sp³-hybridized carbons (Fsp3) is 0.154. The zero-order valence-corrected chi connectivity index (χ0v) is 8.37. The highest BCUT2D eigenvalue weighted by Gasteiger charge is 2.02. The summed E-state index contributed by atoms with van der Waals surface area (Å²) < 4.78 is 0. The topological polar surface area (TPSA) is 17.1 Å². The van der Waals surface area contributed by atoms with Gasteiger partial charge in [-0.05, 0) is 30.2 Å². The van der Waals surface area contributed by atoms with E-state index in [-0.39, 0.29) is 0 Å². The van der Waals surface area contributed by atoms with Gasteiger partial charge in [-0.15, -0.1) is 0 Å². The van der Waals surface area contributed by atoms with E-state index in [0.717, 1.165) is 17.4 Å². The molecule has 0 amide bonds. The van der Waals surface area contributed by atoms with E-state index in [0.29, 0.717) is 0 Å². The molecule has 2 rings (SSSR count). The lowest BCUT2D eigenvalue weighted by atomic mass is 9.99. The van der Waals surface area contributed by atoms with Crippen molar-refractivity contribution in [2.24, 2.45) is 0 Å². The van der Waals surface area contributed by atoms with E-state index in [1.807, 2.05) is 19.1 Å². The predicted molar refractivity (Wildman–Crippen MR) is 58.8 cm³/mol. The van der Waals surface area contributed by atoms with Crippen LogP contribution in [-0.4, -0.2) is 6.29 Å². The third kappa shape index (κ3) is 1.31. The zero-order chi connectivity index (χ0) is 10.1. The van der Waals surface area contributed by atoms with Gasteiger partial charge in [0.2, 0.25) is 0 Å². The van der Waals surface area contributed by atoms with Gasteiger partial charge in [0.05, 0.1) is 0 Å². The smallest absolute Gasteiger partial charge is 0.150 e. The van der Waals surface area contributed by atoms with Crippen LogP contribution in [0.15, 0.2) is 30.3 Å². The molecule has 0 heterocycles. The molecule has 70 valence electrons. The Morgan fingerprint density at radius 2 is 1.79 bits per heavy atom. The number of aldehydes is 1. The molecule has 0 bridgehead atoms. The third-order valence-electron chi connectivity index (χ3n) is 2.62. The first-order valence-electron chi connectivity index (χ1n) is 4.67. The van der Waals surface area contributed by atoms with E-state index in [4.69, 9.17) is 0 Å². The first-order valence-corrected chi connectivity index (χ1v) is 4.67. The van der Waals surface area contributed by atoms with Crippen LogP contribution < -0.4 is 0 Å². The lowest BCUT2D eigenvalue weighted by Gasteiger charge is -2.05. The van der Waals surface area contributed by atoms with Gasteiger partial charge in [0.25, 0.3) is 0 Å².